The number of benzene rings is 1. The number of aliphatic carboxylic acids is 1. The predicted molar refractivity (Wildman–Crippen MR) is 137 cm³/mol. The van der Waals surface area contributed by atoms with E-state index in [0.717, 1.165) is 59.3 Å². The fourth-order valence-electron chi connectivity index (χ4n) is 4.25. The number of hydrogen-bond acceptors (Lipinski definition) is 7. The number of fused-ring (bicyclic) bond motifs is 1. The summed E-state index contributed by atoms with van der Waals surface area (Å²) in [5.41, 5.74) is 11.0. The SMILES string of the molecule is CCCCCNc1nc(N)nc2ccn(Cc3cc(CC[C@@H](O)C[C@@H](O)CC(=O)O)ccc3C)c12. The molecule has 3 aromatic rings. The first kappa shape index (κ1) is 26.4. The number of aliphatic hydroxyl groups is 2. The first-order chi connectivity index (χ1) is 16.8. The molecule has 9 nitrogen and oxygen atoms in total. The van der Waals surface area contributed by atoms with Gasteiger partial charge >= 0.3 is 5.97 Å². The summed E-state index contributed by atoms with van der Waals surface area (Å²) in [7, 11) is 0. The summed E-state index contributed by atoms with van der Waals surface area (Å²) < 4.78 is 2.13. The standard InChI is InChI=1S/C26H37N5O4/c1-3-4-5-11-28-25-24-22(29-26(27)30-25)10-12-31(24)16-19-13-18(7-6-17(19)2)8-9-20(32)14-21(33)15-23(34)35/h6-7,10,12-13,20-21,32-33H,3-5,8-9,11,14-16H2,1-2H3,(H,34,35)(H3,27,28,29,30)/t20-,21-/m1/s1. The summed E-state index contributed by atoms with van der Waals surface area (Å²) in [5, 5.41) is 32.2. The van der Waals surface area contributed by atoms with Crippen molar-refractivity contribution in [2.75, 3.05) is 17.6 Å². The summed E-state index contributed by atoms with van der Waals surface area (Å²) >= 11 is 0. The average Bonchev–Trinajstić information content (AvgIpc) is 3.19. The number of carbonyl (C=O) groups is 1. The number of nitrogen functional groups attached to an aromatic ring is 1. The molecule has 0 unspecified atom stereocenters. The zero-order chi connectivity index (χ0) is 25.4. The Morgan fingerprint density at radius 2 is 1.97 bits per heavy atom. The van der Waals surface area contributed by atoms with Gasteiger partial charge in [-0.1, -0.05) is 38.0 Å². The molecule has 2 atom stereocenters. The number of nitrogens with zero attached hydrogens (tertiary/aromatic N) is 3. The van der Waals surface area contributed by atoms with Crippen molar-refractivity contribution < 1.29 is 20.1 Å². The number of aryl methyl sites for hydroxylation is 2. The summed E-state index contributed by atoms with van der Waals surface area (Å²) in [6, 6.07) is 8.19. The van der Waals surface area contributed by atoms with Gasteiger partial charge < -0.3 is 30.9 Å². The number of rotatable bonds is 14. The maximum Gasteiger partial charge on any atom is 0.305 e. The van der Waals surface area contributed by atoms with Crippen LogP contribution in [0.1, 0.15) is 62.1 Å². The van der Waals surface area contributed by atoms with Crippen LogP contribution in [0, 0.1) is 6.92 Å². The molecule has 0 radical (unpaired) electrons. The lowest BCUT2D eigenvalue weighted by molar-refractivity contribution is -0.139. The van der Waals surface area contributed by atoms with E-state index >= 15 is 0 Å². The lowest BCUT2D eigenvalue weighted by Crippen LogP contribution is -2.21. The molecular formula is C26H37N5O4. The highest BCUT2D eigenvalue weighted by Crippen LogP contribution is 2.25. The van der Waals surface area contributed by atoms with Crippen LogP contribution in [0.2, 0.25) is 0 Å². The van der Waals surface area contributed by atoms with Gasteiger partial charge in [-0.3, -0.25) is 4.79 Å². The molecule has 0 spiro atoms. The Balaban J connectivity index is 1.72. The van der Waals surface area contributed by atoms with E-state index in [1.165, 1.54) is 0 Å². The van der Waals surface area contributed by atoms with Crippen LogP contribution < -0.4 is 11.1 Å². The summed E-state index contributed by atoms with van der Waals surface area (Å²) in [4.78, 5) is 19.6. The zero-order valence-electron chi connectivity index (χ0n) is 20.6. The van der Waals surface area contributed by atoms with Crippen molar-refractivity contribution in [3.63, 3.8) is 0 Å². The summed E-state index contributed by atoms with van der Waals surface area (Å²) in [5.74, 6) is -0.0817. The van der Waals surface area contributed by atoms with Gasteiger partial charge in [-0.25, -0.2) is 4.98 Å². The van der Waals surface area contributed by atoms with Crippen LogP contribution in [-0.4, -0.2) is 54.6 Å². The number of nitrogens with one attached hydrogen (secondary N) is 1. The topological polar surface area (TPSA) is 147 Å². The van der Waals surface area contributed by atoms with Crippen LogP contribution in [0.5, 0.6) is 0 Å². The maximum atomic E-state index is 10.7. The molecule has 0 aliphatic carbocycles. The first-order valence-electron chi connectivity index (χ1n) is 12.3. The molecule has 190 valence electrons. The Hall–Kier alpha value is -3.17. The molecule has 35 heavy (non-hydrogen) atoms. The van der Waals surface area contributed by atoms with Gasteiger partial charge in [0.25, 0.3) is 0 Å². The van der Waals surface area contributed by atoms with Crippen LogP contribution in [0.25, 0.3) is 11.0 Å². The van der Waals surface area contributed by atoms with E-state index in [9.17, 15) is 15.0 Å². The highest BCUT2D eigenvalue weighted by molar-refractivity contribution is 5.87. The summed E-state index contributed by atoms with van der Waals surface area (Å²) in [6.45, 7) is 5.70. The van der Waals surface area contributed by atoms with Gasteiger partial charge in [-0.05, 0) is 55.4 Å². The second kappa shape index (κ2) is 12.5. The molecule has 2 heterocycles. The molecule has 1 aromatic carbocycles. The minimum absolute atomic E-state index is 0.0531. The first-order valence-corrected chi connectivity index (χ1v) is 12.3. The lowest BCUT2D eigenvalue weighted by Gasteiger charge is -2.16. The van der Waals surface area contributed by atoms with E-state index in [-0.39, 0.29) is 18.8 Å². The van der Waals surface area contributed by atoms with Crippen LogP contribution >= 0.6 is 0 Å². The van der Waals surface area contributed by atoms with Crippen molar-refractivity contribution in [1.29, 1.82) is 0 Å². The fraction of sp³-hybridized carbons (Fsp3) is 0.500. The Kier molecular flexibility index (Phi) is 9.45. The van der Waals surface area contributed by atoms with E-state index in [1.54, 1.807) is 0 Å². The number of nitrogens with two attached hydrogens (primary N) is 1. The van der Waals surface area contributed by atoms with Crippen LogP contribution in [-0.2, 0) is 17.8 Å². The molecule has 0 saturated carbocycles. The van der Waals surface area contributed by atoms with Gasteiger partial charge in [-0.2, -0.15) is 4.98 Å². The molecule has 0 bridgehead atoms. The van der Waals surface area contributed by atoms with Crippen molar-refractivity contribution in [3.05, 3.63) is 47.2 Å². The Labute approximate surface area is 206 Å². The molecule has 9 heteroatoms. The van der Waals surface area contributed by atoms with Crippen LogP contribution in [0.15, 0.2) is 30.5 Å². The van der Waals surface area contributed by atoms with E-state index in [4.69, 9.17) is 10.8 Å². The molecule has 0 fully saturated rings. The van der Waals surface area contributed by atoms with Gasteiger partial charge in [0.05, 0.1) is 24.1 Å². The molecule has 6 N–H and O–H groups in total. The summed E-state index contributed by atoms with van der Waals surface area (Å²) in [6.07, 6.45) is 4.32. The van der Waals surface area contributed by atoms with E-state index in [1.807, 2.05) is 18.3 Å². The number of anilines is 2. The minimum atomic E-state index is -1.07. The number of carboxylic acid groups (broad SMARTS) is 1. The molecule has 3 rings (SSSR count). The second-order valence-corrected chi connectivity index (χ2v) is 9.18. The maximum absolute atomic E-state index is 10.7. The third-order valence-corrected chi connectivity index (χ3v) is 6.18. The van der Waals surface area contributed by atoms with E-state index in [2.05, 4.69) is 45.8 Å². The number of hydrogen-bond donors (Lipinski definition) is 5. The van der Waals surface area contributed by atoms with Gasteiger partial charge in [0.1, 0.15) is 5.52 Å². The van der Waals surface area contributed by atoms with E-state index in [0.29, 0.717) is 19.4 Å². The van der Waals surface area contributed by atoms with Crippen molar-refractivity contribution in [1.82, 2.24) is 14.5 Å². The zero-order valence-corrected chi connectivity index (χ0v) is 20.6. The number of carboxylic acids is 1. The minimum Gasteiger partial charge on any atom is -0.481 e. The Morgan fingerprint density at radius 3 is 2.71 bits per heavy atom. The average molecular weight is 484 g/mol. The number of unbranched alkanes of at least 4 members (excludes halogenated alkanes) is 2. The third kappa shape index (κ3) is 7.66. The van der Waals surface area contributed by atoms with Gasteiger partial charge in [0, 0.05) is 19.3 Å². The fourth-order valence-corrected chi connectivity index (χ4v) is 4.25. The number of aliphatic hydroxyl groups excluding tert-OH is 2. The van der Waals surface area contributed by atoms with Crippen molar-refractivity contribution in [3.8, 4) is 0 Å². The highest BCUT2D eigenvalue weighted by Gasteiger charge is 2.16. The number of aromatic nitrogens is 3. The molecule has 2 aromatic heterocycles. The quantitative estimate of drug-likeness (QED) is 0.219. The van der Waals surface area contributed by atoms with Gasteiger partial charge in [0.2, 0.25) is 5.95 Å². The normalized spacial score (nSPS) is 13.1. The largest absolute Gasteiger partial charge is 0.481 e. The molecule has 0 aliphatic rings. The van der Waals surface area contributed by atoms with Crippen molar-refractivity contribution >= 4 is 28.8 Å². The van der Waals surface area contributed by atoms with Crippen molar-refractivity contribution in [2.24, 2.45) is 0 Å². The molecule has 0 saturated heterocycles. The molecule has 0 amide bonds. The van der Waals surface area contributed by atoms with Gasteiger partial charge in [0.15, 0.2) is 5.82 Å². The van der Waals surface area contributed by atoms with E-state index < -0.39 is 18.2 Å². The second-order valence-electron chi connectivity index (χ2n) is 9.18. The van der Waals surface area contributed by atoms with Gasteiger partial charge in [-0.15, -0.1) is 0 Å². The molecule has 0 aliphatic heterocycles. The lowest BCUT2D eigenvalue weighted by atomic mass is 9.98. The molecular weight excluding hydrogens is 446 g/mol. The Bertz CT molecular complexity index is 1130. The third-order valence-electron chi connectivity index (χ3n) is 6.18. The van der Waals surface area contributed by atoms with Crippen LogP contribution in [0.3, 0.4) is 0 Å². The highest BCUT2D eigenvalue weighted by atomic mass is 16.4. The smallest absolute Gasteiger partial charge is 0.305 e. The monoisotopic (exact) mass is 483 g/mol. The van der Waals surface area contributed by atoms with Crippen LogP contribution in [0.4, 0.5) is 11.8 Å². The van der Waals surface area contributed by atoms with Crippen molar-refractivity contribution in [2.45, 2.75) is 77.5 Å². The Morgan fingerprint density at radius 1 is 1.17 bits per heavy atom. The predicted octanol–water partition coefficient (Wildman–Crippen LogP) is 3.49.